The fourth-order valence-corrected chi connectivity index (χ4v) is 2.12. The molecule has 0 spiro atoms. The normalized spacial score (nSPS) is 18.9. The highest BCUT2D eigenvalue weighted by Crippen LogP contribution is 2.24. The molecule has 0 atom stereocenters. The van der Waals surface area contributed by atoms with Gasteiger partial charge in [-0.05, 0) is 24.7 Å². The number of halogens is 1. The zero-order valence-corrected chi connectivity index (χ0v) is 10.2. The van der Waals surface area contributed by atoms with Crippen molar-refractivity contribution < 1.29 is 5.11 Å². The molecular formula is C12H17ClN2O. The standard InChI is InChI=1S/C12H17ClN2O/c1-14-4-6-15(7-5-14)9-10-2-3-12(16)11(13)8-10/h2-3,8,16H,4-7,9H2,1H3. The highest BCUT2D eigenvalue weighted by atomic mass is 35.5. The van der Waals surface area contributed by atoms with Crippen LogP contribution in [-0.4, -0.2) is 48.1 Å². The first kappa shape index (κ1) is 11.7. The molecule has 1 aromatic rings. The highest BCUT2D eigenvalue weighted by molar-refractivity contribution is 6.32. The van der Waals surface area contributed by atoms with Gasteiger partial charge in [0.2, 0.25) is 0 Å². The van der Waals surface area contributed by atoms with Crippen LogP contribution in [0.1, 0.15) is 5.56 Å². The van der Waals surface area contributed by atoms with Crippen molar-refractivity contribution in [3.05, 3.63) is 28.8 Å². The molecule has 0 radical (unpaired) electrons. The van der Waals surface area contributed by atoms with Crippen LogP contribution in [-0.2, 0) is 6.54 Å². The molecule has 1 aliphatic heterocycles. The fourth-order valence-electron chi connectivity index (χ4n) is 1.91. The molecule has 0 saturated carbocycles. The molecule has 88 valence electrons. The Morgan fingerprint density at radius 1 is 1.25 bits per heavy atom. The van der Waals surface area contributed by atoms with Gasteiger partial charge in [0.25, 0.3) is 0 Å². The average molecular weight is 241 g/mol. The first-order valence-corrected chi connectivity index (χ1v) is 5.91. The number of likely N-dealkylation sites (N-methyl/N-ethyl adjacent to an activating group) is 1. The molecule has 1 heterocycles. The van der Waals surface area contributed by atoms with Crippen molar-refractivity contribution in [2.45, 2.75) is 6.54 Å². The molecule has 0 aliphatic carbocycles. The van der Waals surface area contributed by atoms with Gasteiger partial charge in [0.1, 0.15) is 5.75 Å². The lowest BCUT2D eigenvalue weighted by Crippen LogP contribution is -2.43. The van der Waals surface area contributed by atoms with E-state index in [0.29, 0.717) is 5.02 Å². The van der Waals surface area contributed by atoms with Crippen LogP contribution in [0.25, 0.3) is 0 Å². The number of rotatable bonds is 2. The summed E-state index contributed by atoms with van der Waals surface area (Å²) in [4.78, 5) is 4.74. The van der Waals surface area contributed by atoms with Gasteiger partial charge in [0.05, 0.1) is 5.02 Å². The predicted octanol–water partition coefficient (Wildman–Crippen LogP) is 1.79. The Kier molecular flexibility index (Phi) is 3.69. The van der Waals surface area contributed by atoms with Crippen LogP contribution < -0.4 is 0 Å². The Hall–Kier alpha value is -0.770. The summed E-state index contributed by atoms with van der Waals surface area (Å²) in [6.07, 6.45) is 0. The zero-order chi connectivity index (χ0) is 11.5. The lowest BCUT2D eigenvalue weighted by molar-refractivity contribution is 0.148. The van der Waals surface area contributed by atoms with Crippen molar-refractivity contribution in [2.24, 2.45) is 0 Å². The van der Waals surface area contributed by atoms with Gasteiger partial charge in [0, 0.05) is 32.7 Å². The smallest absolute Gasteiger partial charge is 0.134 e. The molecule has 1 N–H and O–H groups in total. The van der Waals surface area contributed by atoms with Crippen molar-refractivity contribution in [3.63, 3.8) is 0 Å². The van der Waals surface area contributed by atoms with Crippen LogP contribution in [0.4, 0.5) is 0 Å². The van der Waals surface area contributed by atoms with E-state index in [1.807, 2.05) is 12.1 Å². The van der Waals surface area contributed by atoms with Crippen LogP contribution in [0, 0.1) is 0 Å². The monoisotopic (exact) mass is 240 g/mol. The summed E-state index contributed by atoms with van der Waals surface area (Å²) in [5, 5.41) is 9.77. The minimum atomic E-state index is 0.156. The fraction of sp³-hybridized carbons (Fsp3) is 0.500. The van der Waals surface area contributed by atoms with E-state index in [9.17, 15) is 5.11 Å². The summed E-state index contributed by atoms with van der Waals surface area (Å²) in [5.74, 6) is 0.156. The van der Waals surface area contributed by atoms with E-state index >= 15 is 0 Å². The Morgan fingerprint density at radius 3 is 2.56 bits per heavy atom. The Labute approximate surface area is 101 Å². The molecule has 1 aliphatic rings. The van der Waals surface area contributed by atoms with Crippen molar-refractivity contribution in [2.75, 3.05) is 33.2 Å². The van der Waals surface area contributed by atoms with Crippen LogP contribution in [0.15, 0.2) is 18.2 Å². The van der Waals surface area contributed by atoms with Gasteiger partial charge in [-0.15, -0.1) is 0 Å². The van der Waals surface area contributed by atoms with Gasteiger partial charge in [-0.25, -0.2) is 0 Å². The molecule has 0 unspecified atom stereocenters. The topological polar surface area (TPSA) is 26.7 Å². The molecule has 1 fully saturated rings. The molecular weight excluding hydrogens is 224 g/mol. The quantitative estimate of drug-likeness (QED) is 0.854. The zero-order valence-electron chi connectivity index (χ0n) is 9.49. The van der Waals surface area contributed by atoms with E-state index in [0.717, 1.165) is 38.3 Å². The first-order valence-electron chi connectivity index (χ1n) is 5.53. The molecule has 3 nitrogen and oxygen atoms in total. The highest BCUT2D eigenvalue weighted by Gasteiger charge is 2.14. The molecule has 2 rings (SSSR count). The summed E-state index contributed by atoms with van der Waals surface area (Å²) in [6, 6.07) is 5.43. The number of hydrogen-bond acceptors (Lipinski definition) is 3. The SMILES string of the molecule is CN1CCN(Cc2ccc(O)c(Cl)c2)CC1. The molecule has 0 amide bonds. The van der Waals surface area contributed by atoms with E-state index in [-0.39, 0.29) is 5.75 Å². The van der Waals surface area contributed by atoms with Crippen molar-refractivity contribution in [1.29, 1.82) is 0 Å². The van der Waals surface area contributed by atoms with Gasteiger partial charge in [-0.1, -0.05) is 17.7 Å². The van der Waals surface area contributed by atoms with Crippen molar-refractivity contribution >= 4 is 11.6 Å². The van der Waals surface area contributed by atoms with Gasteiger partial charge < -0.3 is 10.0 Å². The summed E-state index contributed by atoms with van der Waals surface area (Å²) in [6.45, 7) is 5.33. The van der Waals surface area contributed by atoms with Crippen molar-refractivity contribution in [3.8, 4) is 5.75 Å². The van der Waals surface area contributed by atoms with E-state index in [1.54, 1.807) is 6.07 Å². The summed E-state index contributed by atoms with van der Waals surface area (Å²) in [7, 11) is 2.15. The second kappa shape index (κ2) is 5.04. The van der Waals surface area contributed by atoms with Crippen LogP contribution in [0.5, 0.6) is 5.75 Å². The predicted molar refractivity (Wildman–Crippen MR) is 65.9 cm³/mol. The number of phenolic OH excluding ortho intramolecular Hbond substituents is 1. The molecule has 16 heavy (non-hydrogen) atoms. The van der Waals surface area contributed by atoms with E-state index in [1.165, 1.54) is 0 Å². The number of hydrogen-bond donors (Lipinski definition) is 1. The minimum Gasteiger partial charge on any atom is -0.506 e. The van der Waals surface area contributed by atoms with Gasteiger partial charge in [-0.2, -0.15) is 0 Å². The number of benzene rings is 1. The second-order valence-electron chi connectivity index (χ2n) is 4.37. The number of nitrogens with zero attached hydrogens (tertiary/aromatic N) is 2. The van der Waals surface area contributed by atoms with Crippen LogP contribution in [0.2, 0.25) is 5.02 Å². The summed E-state index contributed by atoms with van der Waals surface area (Å²) < 4.78 is 0. The Morgan fingerprint density at radius 2 is 1.94 bits per heavy atom. The summed E-state index contributed by atoms with van der Waals surface area (Å²) in [5.41, 5.74) is 1.16. The Balaban J connectivity index is 1.96. The van der Waals surface area contributed by atoms with E-state index in [4.69, 9.17) is 11.6 Å². The number of phenols is 1. The third-order valence-corrected chi connectivity index (χ3v) is 3.32. The molecule has 4 heteroatoms. The third kappa shape index (κ3) is 2.88. The number of piperazine rings is 1. The maximum atomic E-state index is 9.33. The van der Waals surface area contributed by atoms with Crippen LogP contribution in [0.3, 0.4) is 0 Å². The van der Waals surface area contributed by atoms with E-state index < -0.39 is 0 Å². The molecule has 1 aromatic carbocycles. The molecule has 0 aromatic heterocycles. The summed E-state index contributed by atoms with van der Waals surface area (Å²) >= 11 is 5.88. The van der Waals surface area contributed by atoms with Gasteiger partial charge >= 0.3 is 0 Å². The minimum absolute atomic E-state index is 0.156. The van der Waals surface area contributed by atoms with E-state index in [2.05, 4.69) is 16.8 Å². The van der Waals surface area contributed by atoms with Gasteiger partial charge in [0.15, 0.2) is 0 Å². The van der Waals surface area contributed by atoms with Crippen LogP contribution >= 0.6 is 11.6 Å². The lowest BCUT2D eigenvalue weighted by atomic mass is 10.2. The maximum Gasteiger partial charge on any atom is 0.134 e. The lowest BCUT2D eigenvalue weighted by Gasteiger charge is -2.32. The second-order valence-corrected chi connectivity index (χ2v) is 4.77. The largest absolute Gasteiger partial charge is 0.506 e. The third-order valence-electron chi connectivity index (χ3n) is 3.01. The average Bonchev–Trinajstić information content (AvgIpc) is 2.27. The first-order chi connectivity index (χ1) is 7.65. The number of aromatic hydroxyl groups is 1. The molecule has 0 bridgehead atoms. The maximum absolute atomic E-state index is 9.33. The van der Waals surface area contributed by atoms with Gasteiger partial charge in [-0.3, -0.25) is 4.90 Å². The van der Waals surface area contributed by atoms with Crippen molar-refractivity contribution in [1.82, 2.24) is 9.80 Å². The molecule has 1 saturated heterocycles. The Bertz CT molecular complexity index is 362.